The highest BCUT2D eigenvalue weighted by Crippen LogP contribution is 2.27. The van der Waals surface area contributed by atoms with E-state index in [2.05, 4.69) is 0 Å². The van der Waals surface area contributed by atoms with E-state index in [9.17, 15) is 4.79 Å². The molecule has 0 unspecified atom stereocenters. The maximum absolute atomic E-state index is 11.6. The minimum Gasteiger partial charge on any atom is -0.468 e. The number of aryl methyl sites for hydroxylation is 1. The lowest BCUT2D eigenvalue weighted by Crippen LogP contribution is -2.30. The quantitative estimate of drug-likeness (QED) is 0.673. The second kappa shape index (κ2) is 3.82. The molecule has 1 rings (SSSR count). The molecule has 0 spiro atoms. The molecule has 0 aliphatic carbocycles. The fraction of sp³-hybridized carbons (Fsp3) is 0.417. The molecule has 1 aromatic rings. The molecule has 0 aliphatic heterocycles. The van der Waals surface area contributed by atoms with Crippen molar-refractivity contribution in [3.05, 3.63) is 35.4 Å². The molecule has 0 N–H and O–H groups in total. The number of ether oxygens (including phenoxy) is 1. The van der Waals surface area contributed by atoms with Crippen molar-refractivity contribution in [1.29, 1.82) is 0 Å². The van der Waals surface area contributed by atoms with Crippen LogP contribution in [-0.4, -0.2) is 13.1 Å². The zero-order valence-corrected chi connectivity index (χ0v) is 9.13. The van der Waals surface area contributed by atoms with Crippen molar-refractivity contribution in [2.45, 2.75) is 26.2 Å². The lowest BCUT2D eigenvalue weighted by molar-refractivity contribution is -0.146. The minimum atomic E-state index is -0.569. The van der Waals surface area contributed by atoms with Gasteiger partial charge < -0.3 is 4.74 Å². The van der Waals surface area contributed by atoms with Gasteiger partial charge in [-0.05, 0) is 31.9 Å². The van der Waals surface area contributed by atoms with E-state index in [0.29, 0.717) is 0 Å². The molecule has 0 heterocycles. The van der Waals surface area contributed by atoms with Gasteiger partial charge in [0.1, 0.15) is 0 Å². The Hall–Kier alpha value is -1.31. The summed E-state index contributed by atoms with van der Waals surface area (Å²) in [5.41, 5.74) is 1.56. The lowest BCUT2D eigenvalue weighted by atomic mass is 9.82. The minimum absolute atomic E-state index is 0.202. The van der Waals surface area contributed by atoms with Crippen LogP contribution < -0.4 is 0 Å². The van der Waals surface area contributed by atoms with Gasteiger partial charge in [-0.2, -0.15) is 0 Å². The Bertz CT molecular complexity index is 340. The largest absolute Gasteiger partial charge is 0.468 e. The first kappa shape index (κ1) is 10.8. The van der Waals surface area contributed by atoms with Crippen molar-refractivity contribution in [2.75, 3.05) is 7.11 Å². The summed E-state index contributed by atoms with van der Waals surface area (Å²) in [4.78, 5) is 11.6. The molecule has 0 fully saturated rings. The fourth-order valence-electron chi connectivity index (χ4n) is 1.64. The third-order valence-electron chi connectivity index (χ3n) is 2.51. The molecule has 0 saturated carbocycles. The second-order valence-corrected chi connectivity index (χ2v) is 3.93. The molecule has 0 aromatic heterocycles. The van der Waals surface area contributed by atoms with Crippen LogP contribution in [0, 0.1) is 6.92 Å². The Labute approximate surface area is 84.9 Å². The summed E-state index contributed by atoms with van der Waals surface area (Å²) in [6.45, 7) is 5.75. The number of esters is 1. The zero-order valence-electron chi connectivity index (χ0n) is 9.13. The molecule has 0 atom stereocenters. The molecule has 0 aliphatic rings. The molecular formula is C12H16O2. The summed E-state index contributed by atoms with van der Waals surface area (Å²) < 4.78 is 4.79. The number of methoxy groups -OCH3 is 1. The van der Waals surface area contributed by atoms with Crippen LogP contribution in [0.15, 0.2) is 24.3 Å². The van der Waals surface area contributed by atoms with E-state index in [1.807, 2.05) is 45.0 Å². The molecule has 76 valence electrons. The maximum Gasteiger partial charge on any atom is 0.315 e. The van der Waals surface area contributed by atoms with Crippen molar-refractivity contribution >= 4 is 5.97 Å². The van der Waals surface area contributed by atoms with E-state index in [1.54, 1.807) is 0 Å². The normalized spacial score (nSPS) is 11.1. The average molecular weight is 192 g/mol. The number of carbonyl (C=O) groups excluding carboxylic acids is 1. The van der Waals surface area contributed by atoms with Gasteiger partial charge in [-0.25, -0.2) is 0 Å². The van der Waals surface area contributed by atoms with Crippen LogP contribution in [0.5, 0.6) is 0 Å². The summed E-state index contributed by atoms with van der Waals surface area (Å²) in [7, 11) is 1.42. The molecule has 0 bridgehead atoms. The highest BCUT2D eigenvalue weighted by Gasteiger charge is 2.31. The summed E-state index contributed by atoms with van der Waals surface area (Å²) in [5, 5.41) is 0. The fourth-order valence-corrected chi connectivity index (χ4v) is 1.64. The Kier molecular flexibility index (Phi) is 2.94. The maximum atomic E-state index is 11.6. The van der Waals surface area contributed by atoms with E-state index in [1.165, 1.54) is 7.11 Å². The van der Waals surface area contributed by atoms with Crippen molar-refractivity contribution < 1.29 is 9.53 Å². The molecule has 1 aromatic carbocycles. The number of hydrogen-bond donors (Lipinski definition) is 0. The van der Waals surface area contributed by atoms with Gasteiger partial charge in [0.05, 0.1) is 12.5 Å². The highest BCUT2D eigenvalue weighted by molar-refractivity contribution is 5.82. The number of carbonyl (C=O) groups is 1. The third kappa shape index (κ3) is 1.79. The molecule has 0 saturated heterocycles. The van der Waals surface area contributed by atoms with Crippen molar-refractivity contribution in [3.63, 3.8) is 0 Å². The van der Waals surface area contributed by atoms with E-state index >= 15 is 0 Å². The number of hydrogen-bond acceptors (Lipinski definition) is 2. The predicted molar refractivity (Wildman–Crippen MR) is 56.2 cm³/mol. The van der Waals surface area contributed by atoms with Crippen LogP contribution in [0.4, 0.5) is 0 Å². The molecule has 14 heavy (non-hydrogen) atoms. The molecule has 2 heteroatoms. The van der Waals surface area contributed by atoms with E-state index in [4.69, 9.17) is 4.74 Å². The monoisotopic (exact) mass is 192 g/mol. The smallest absolute Gasteiger partial charge is 0.315 e. The van der Waals surface area contributed by atoms with Crippen LogP contribution in [0.25, 0.3) is 0 Å². The van der Waals surface area contributed by atoms with Gasteiger partial charge in [0, 0.05) is 0 Å². The number of benzene rings is 1. The lowest BCUT2D eigenvalue weighted by Gasteiger charge is -2.23. The summed E-state index contributed by atoms with van der Waals surface area (Å²) in [6, 6.07) is 7.87. The Morgan fingerprint density at radius 3 is 2.36 bits per heavy atom. The highest BCUT2D eigenvalue weighted by atomic mass is 16.5. The van der Waals surface area contributed by atoms with Crippen molar-refractivity contribution in [2.24, 2.45) is 0 Å². The second-order valence-electron chi connectivity index (χ2n) is 3.93. The molecule has 0 radical (unpaired) electrons. The summed E-state index contributed by atoms with van der Waals surface area (Å²) in [6.07, 6.45) is 0. The van der Waals surface area contributed by atoms with Gasteiger partial charge in [0.15, 0.2) is 0 Å². The van der Waals surface area contributed by atoms with Crippen molar-refractivity contribution in [1.82, 2.24) is 0 Å². The third-order valence-corrected chi connectivity index (χ3v) is 2.51. The summed E-state index contributed by atoms with van der Waals surface area (Å²) in [5.74, 6) is -0.202. The standard InChI is InChI=1S/C12H16O2/c1-9-7-5-6-8-10(9)12(2,3)11(13)14-4/h5-8H,1-4H3. The van der Waals surface area contributed by atoms with Crippen LogP contribution in [-0.2, 0) is 14.9 Å². The van der Waals surface area contributed by atoms with Crippen LogP contribution in [0.3, 0.4) is 0 Å². The zero-order chi connectivity index (χ0) is 10.8. The van der Waals surface area contributed by atoms with Gasteiger partial charge in [0.2, 0.25) is 0 Å². The topological polar surface area (TPSA) is 26.3 Å². The molecule has 2 nitrogen and oxygen atoms in total. The van der Waals surface area contributed by atoms with Crippen LogP contribution >= 0.6 is 0 Å². The Balaban J connectivity index is 3.16. The van der Waals surface area contributed by atoms with Gasteiger partial charge in [-0.3, -0.25) is 4.79 Å². The Morgan fingerprint density at radius 2 is 1.86 bits per heavy atom. The van der Waals surface area contributed by atoms with Gasteiger partial charge in [-0.1, -0.05) is 24.3 Å². The van der Waals surface area contributed by atoms with Crippen LogP contribution in [0.1, 0.15) is 25.0 Å². The van der Waals surface area contributed by atoms with E-state index < -0.39 is 5.41 Å². The van der Waals surface area contributed by atoms with E-state index in [-0.39, 0.29) is 5.97 Å². The molecular weight excluding hydrogens is 176 g/mol. The van der Waals surface area contributed by atoms with Gasteiger partial charge in [0.25, 0.3) is 0 Å². The average Bonchev–Trinajstić information content (AvgIpc) is 2.17. The SMILES string of the molecule is COC(=O)C(C)(C)c1ccccc1C. The first-order valence-electron chi connectivity index (χ1n) is 4.64. The van der Waals surface area contributed by atoms with Gasteiger partial charge in [-0.15, -0.1) is 0 Å². The Morgan fingerprint density at radius 1 is 1.29 bits per heavy atom. The predicted octanol–water partition coefficient (Wildman–Crippen LogP) is 2.45. The van der Waals surface area contributed by atoms with Crippen LogP contribution in [0.2, 0.25) is 0 Å². The first-order chi connectivity index (χ1) is 6.50. The van der Waals surface area contributed by atoms with Crippen molar-refractivity contribution in [3.8, 4) is 0 Å². The summed E-state index contributed by atoms with van der Waals surface area (Å²) >= 11 is 0. The first-order valence-corrected chi connectivity index (χ1v) is 4.64. The van der Waals surface area contributed by atoms with E-state index in [0.717, 1.165) is 11.1 Å². The number of rotatable bonds is 2. The molecule has 0 amide bonds. The van der Waals surface area contributed by atoms with Gasteiger partial charge >= 0.3 is 5.97 Å².